The lowest BCUT2D eigenvalue weighted by Gasteiger charge is -2.30. The zero-order valence-corrected chi connectivity index (χ0v) is 21.5. The van der Waals surface area contributed by atoms with Crippen LogP contribution in [0.3, 0.4) is 0 Å². The van der Waals surface area contributed by atoms with Crippen LogP contribution in [0.4, 0.5) is 21.6 Å². The molecule has 1 aromatic heterocycles. The van der Waals surface area contributed by atoms with Gasteiger partial charge in [-0.3, -0.25) is 14.5 Å². The van der Waals surface area contributed by atoms with Gasteiger partial charge in [0.2, 0.25) is 5.91 Å². The van der Waals surface area contributed by atoms with Gasteiger partial charge in [0.15, 0.2) is 0 Å². The number of nitrogens with zero attached hydrogens (tertiary/aromatic N) is 3. The van der Waals surface area contributed by atoms with E-state index in [1.54, 1.807) is 31.2 Å². The fraction of sp³-hybridized carbons (Fsp3) is 0.333. The van der Waals surface area contributed by atoms with Gasteiger partial charge >= 0.3 is 5.97 Å². The minimum Gasteiger partial charge on any atom is -0.491 e. The van der Waals surface area contributed by atoms with Gasteiger partial charge in [0.05, 0.1) is 22.8 Å². The first-order valence-electron chi connectivity index (χ1n) is 12.4. The molecule has 2 N–H and O–H groups in total. The molecular formula is C27H27ClFN5O4. The molecule has 3 aromatic rings. The van der Waals surface area contributed by atoms with E-state index in [0.717, 1.165) is 12.8 Å². The summed E-state index contributed by atoms with van der Waals surface area (Å²) >= 11 is 5.93. The van der Waals surface area contributed by atoms with Gasteiger partial charge < -0.3 is 20.1 Å². The number of amides is 1. The molecule has 2 aromatic carbocycles. The van der Waals surface area contributed by atoms with Crippen molar-refractivity contribution in [3.63, 3.8) is 0 Å². The van der Waals surface area contributed by atoms with E-state index in [4.69, 9.17) is 21.1 Å². The van der Waals surface area contributed by atoms with Gasteiger partial charge in [-0.1, -0.05) is 17.7 Å². The van der Waals surface area contributed by atoms with Crippen LogP contribution < -0.4 is 15.4 Å². The summed E-state index contributed by atoms with van der Waals surface area (Å²) < 4.78 is 24.7. The molecule has 1 aliphatic heterocycles. The topological polar surface area (TPSA) is 106 Å². The van der Waals surface area contributed by atoms with Crippen molar-refractivity contribution in [2.75, 3.05) is 36.9 Å². The Morgan fingerprint density at radius 1 is 1.29 bits per heavy atom. The highest BCUT2D eigenvalue weighted by Gasteiger charge is 2.26. The Morgan fingerprint density at radius 3 is 2.92 bits per heavy atom. The number of aromatic nitrogens is 2. The average molecular weight is 540 g/mol. The van der Waals surface area contributed by atoms with Crippen LogP contribution in [0, 0.1) is 11.7 Å². The third kappa shape index (κ3) is 6.20. The number of ether oxygens (including phenoxy) is 2. The predicted molar refractivity (Wildman–Crippen MR) is 142 cm³/mol. The second kappa shape index (κ2) is 11.3. The number of cyclic esters (lactones) is 1. The average Bonchev–Trinajstić information content (AvgIpc) is 3.72. The lowest BCUT2D eigenvalue weighted by Crippen LogP contribution is -2.47. The standard InChI is InChI=1S/C27H27ClFN5O4/c1-16-27(36)37-10-9-34(16)8-2-3-25(35)33-23-12-19-22(13-24(23)38-14-17-4-5-17)30-15-31-26(19)32-18-6-7-21(29)20(28)11-18/h2-3,6-7,11-13,15-17H,4-5,8-10,14H2,1H3,(H,33,35)(H,30,31,32)/t16-/m0/s1. The number of benzene rings is 2. The molecule has 2 heterocycles. The zero-order valence-electron chi connectivity index (χ0n) is 20.7. The number of esters is 1. The largest absolute Gasteiger partial charge is 0.491 e. The monoisotopic (exact) mass is 539 g/mol. The van der Waals surface area contributed by atoms with Crippen molar-refractivity contribution >= 4 is 51.6 Å². The Balaban J connectivity index is 1.37. The molecule has 198 valence electrons. The van der Waals surface area contributed by atoms with Crippen LogP contribution in [-0.4, -0.2) is 59.1 Å². The first-order chi connectivity index (χ1) is 18.4. The molecule has 1 saturated heterocycles. The van der Waals surface area contributed by atoms with Crippen LogP contribution in [0.2, 0.25) is 5.02 Å². The Morgan fingerprint density at radius 2 is 2.13 bits per heavy atom. The molecule has 9 nitrogen and oxygen atoms in total. The molecule has 38 heavy (non-hydrogen) atoms. The third-order valence-electron chi connectivity index (χ3n) is 6.47. The summed E-state index contributed by atoms with van der Waals surface area (Å²) in [7, 11) is 0. The number of carbonyl (C=O) groups is 2. The number of anilines is 3. The summed E-state index contributed by atoms with van der Waals surface area (Å²) in [5, 5.41) is 6.65. The molecule has 1 saturated carbocycles. The maximum absolute atomic E-state index is 13.6. The van der Waals surface area contributed by atoms with Gasteiger partial charge in [0.25, 0.3) is 0 Å². The molecule has 0 unspecified atom stereocenters. The summed E-state index contributed by atoms with van der Waals surface area (Å²) in [5.74, 6) is 0.353. The smallest absolute Gasteiger partial charge is 0.323 e. The number of nitrogens with one attached hydrogen (secondary N) is 2. The normalized spacial score (nSPS) is 18.0. The van der Waals surface area contributed by atoms with Crippen molar-refractivity contribution in [1.82, 2.24) is 14.9 Å². The van der Waals surface area contributed by atoms with Crippen molar-refractivity contribution in [2.45, 2.75) is 25.8 Å². The van der Waals surface area contributed by atoms with Crippen LogP contribution >= 0.6 is 11.6 Å². The SMILES string of the molecule is C[C@H]1C(=O)OCCN1CC=CC(=O)Nc1cc2c(Nc3ccc(F)c(Cl)c3)ncnc2cc1OCC1CC1. The van der Waals surface area contributed by atoms with Gasteiger partial charge in [0, 0.05) is 36.3 Å². The fourth-order valence-electron chi connectivity index (χ4n) is 4.05. The van der Waals surface area contributed by atoms with E-state index >= 15 is 0 Å². The van der Waals surface area contributed by atoms with E-state index in [-0.39, 0.29) is 22.9 Å². The molecule has 1 aliphatic carbocycles. The van der Waals surface area contributed by atoms with E-state index < -0.39 is 5.82 Å². The first kappa shape index (κ1) is 25.9. The minimum atomic E-state index is -0.519. The van der Waals surface area contributed by atoms with E-state index in [9.17, 15) is 14.0 Å². The van der Waals surface area contributed by atoms with E-state index in [0.29, 0.717) is 66.1 Å². The maximum atomic E-state index is 13.6. The highest BCUT2D eigenvalue weighted by molar-refractivity contribution is 6.31. The summed E-state index contributed by atoms with van der Waals surface area (Å²) in [4.78, 5) is 35.2. The van der Waals surface area contributed by atoms with E-state index in [1.807, 2.05) is 4.90 Å². The van der Waals surface area contributed by atoms with Crippen molar-refractivity contribution in [3.05, 3.63) is 59.7 Å². The molecule has 2 fully saturated rings. The summed E-state index contributed by atoms with van der Waals surface area (Å²) in [5.41, 5.74) is 1.63. The second-order valence-corrected chi connectivity index (χ2v) is 9.73. The van der Waals surface area contributed by atoms with Crippen molar-refractivity contribution in [3.8, 4) is 5.75 Å². The van der Waals surface area contributed by atoms with Gasteiger partial charge in [-0.2, -0.15) is 0 Å². The lowest BCUT2D eigenvalue weighted by molar-refractivity contribution is -0.155. The van der Waals surface area contributed by atoms with Crippen molar-refractivity contribution in [1.29, 1.82) is 0 Å². The van der Waals surface area contributed by atoms with Crippen LogP contribution in [0.15, 0.2) is 48.8 Å². The highest BCUT2D eigenvalue weighted by Crippen LogP contribution is 2.36. The third-order valence-corrected chi connectivity index (χ3v) is 6.76. The predicted octanol–water partition coefficient (Wildman–Crippen LogP) is 4.70. The van der Waals surface area contributed by atoms with Crippen molar-refractivity contribution < 1.29 is 23.5 Å². The molecule has 0 radical (unpaired) electrons. The number of hydrogen-bond acceptors (Lipinski definition) is 8. The Labute approximate surface area is 224 Å². The molecule has 1 atom stereocenters. The van der Waals surface area contributed by atoms with Crippen LogP contribution in [0.25, 0.3) is 10.9 Å². The fourth-order valence-corrected chi connectivity index (χ4v) is 4.23. The van der Waals surface area contributed by atoms with Gasteiger partial charge in [-0.05, 0) is 49.9 Å². The number of rotatable bonds is 9. The summed E-state index contributed by atoms with van der Waals surface area (Å²) in [6.07, 6.45) is 6.81. The Hall–Kier alpha value is -3.76. The summed E-state index contributed by atoms with van der Waals surface area (Å²) in [6.45, 7) is 3.72. The van der Waals surface area contributed by atoms with Gasteiger partial charge in [-0.15, -0.1) is 0 Å². The maximum Gasteiger partial charge on any atom is 0.323 e. The highest BCUT2D eigenvalue weighted by atomic mass is 35.5. The molecular weight excluding hydrogens is 513 g/mol. The molecule has 0 spiro atoms. The molecule has 1 amide bonds. The van der Waals surface area contributed by atoms with E-state index in [2.05, 4.69) is 20.6 Å². The Bertz CT molecular complexity index is 1400. The number of morpholine rings is 1. The molecule has 2 aliphatic rings. The lowest BCUT2D eigenvalue weighted by atomic mass is 10.1. The van der Waals surface area contributed by atoms with Crippen molar-refractivity contribution in [2.24, 2.45) is 5.92 Å². The van der Waals surface area contributed by atoms with Gasteiger partial charge in [-0.25, -0.2) is 14.4 Å². The summed E-state index contributed by atoms with van der Waals surface area (Å²) in [6, 6.07) is 7.44. The number of halogens is 2. The molecule has 5 rings (SSSR count). The Kier molecular flexibility index (Phi) is 7.71. The van der Waals surface area contributed by atoms with Crippen LogP contribution in [-0.2, 0) is 14.3 Å². The number of carbonyl (C=O) groups excluding carboxylic acids is 2. The quantitative estimate of drug-likeness (QED) is 0.298. The van der Waals surface area contributed by atoms with Crippen LogP contribution in [0.5, 0.6) is 5.75 Å². The zero-order chi connectivity index (χ0) is 26.6. The molecule has 0 bridgehead atoms. The molecule has 11 heteroatoms. The first-order valence-corrected chi connectivity index (χ1v) is 12.8. The second-order valence-electron chi connectivity index (χ2n) is 9.33. The van der Waals surface area contributed by atoms with E-state index in [1.165, 1.54) is 24.5 Å². The van der Waals surface area contributed by atoms with Gasteiger partial charge in [0.1, 0.15) is 36.4 Å². The van der Waals surface area contributed by atoms with Crippen LogP contribution in [0.1, 0.15) is 19.8 Å². The number of fused-ring (bicyclic) bond motifs is 1. The number of hydrogen-bond donors (Lipinski definition) is 2. The minimum absolute atomic E-state index is 0.0142.